The maximum Gasteiger partial charge on any atom is 0.161 e. The molecule has 0 amide bonds. The predicted molar refractivity (Wildman–Crippen MR) is 77.1 cm³/mol. The standard InChI is InChI=1S/C16H23NO3/c1-10(11-2-3-11)16(18)13(9-17)12-4-5-14-15(8-12)20-7-6-19-14/h4-5,8,10-11,13,16,18H,2-3,6-7,9,17H2,1H3. The highest BCUT2D eigenvalue weighted by molar-refractivity contribution is 5.45. The third kappa shape index (κ3) is 2.63. The van der Waals surface area contributed by atoms with Crippen molar-refractivity contribution in [3.8, 4) is 11.5 Å². The molecule has 4 nitrogen and oxygen atoms in total. The van der Waals surface area contributed by atoms with Gasteiger partial charge in [-0.1, -0.05) is 13.0 Å². The van der Waals surface area contributed by atoms with Crippen LogP contribution >= 0.6 is 0 Å². The van der Waals surface area contributed by atoms with Crippen molar-refractivity contribution >= 4 is 0 Å². The van der Waals surface area contributed by atoms with E-state index >= 15 is 0 Å². The van der Waals surface area contributed by atoms with E-state index in [2.05, 4.69) is 6.92 Å². The Kier molecular flexibility index (Phi) is 3.85. The van der Waals surface area contributed by atoms with Crippen LogP contribution in [0.3, 0.4) is 0 Å². The van der Waals surface area contributed by atoms with Gasteiger partial charge < -0.3 is 20.3 Å². The van der Waals surface area contributed by atoms with Crippen LogP contribution in [0.1, 0.15) is 31.2 Å². The normalized spacial score (nSPS) is 22.1. The zero-order valence-corrected chi connectivity index (χ0v) is 11.9. The topological polar surface area (TPSA) is 64.7 Å². The lowest BCUT2D eigenvalue weighted by atomic mass is 9.84. The van der Waals surface area contributed by atoms with Gasteiger partial charge in [0.05, 0.1) is 6.10 Å². The molecule has 110 valence electrons. The first-order valence-electron chi connectivity index (χ1n) is 7.48. The third-order valence-electron chi connectivity index (χ3n) is 4.56. The Hall–Kier alpha value is -1.26. The predicted octanol–water partition coefficient (Wildman–Crippen LogP) is 1.91. The summed E-state index contributed by atoms with van der Waals surface area (Å²) in [6.07, 6.45) is 2.07. The lowest BCUT2D eigenvalue weighted by Gasteiger charge is -2.28. The zero-order chi connectivity index (χ0) is 14.1. The summed E-state index contributed by atoms with van der Waals surface area (Å²) in [4.78, 5) is 0. The summed E-state index contributed by atoms with van der Waals surface area (Å²) in [6, 6.07) is 5.88. The minimum Gasteiger partial charge on any atom is -0.486 e. The molecule has 1 aromatic carbocycles. The van der Waals surface area contributed by atoms with E-state index in [4.69, 9.17) is 15.2 Å². The molecule has 0 radical (unpaired) electrons. The van der Waals surface area contributed by atoms with Crippen molar-refractivity contribution in [3.05, 3.63) is 23.8 Å². The summed E-state index contributed by atoms with van der Waals surface area (Å²) in [5.74, 6) is 2.47. The fourth-order valence-electron chi connectivity index (χ4n) is 3.03. The highest BCUT2D eigenvalue weighted by atomic mass is 16.6. The van der Waals surface area contributed by atoms with Crippen molar-refractivity contribution in [2.24, 2.45) is 17.6 Å². The molecule has 1 aromatic rings. The molecule has 1 aliphatic carbocycles. The summed E-state index contributed by atoms with van der Waals surface area (Å²) in [5.41, 5.74) is 6.95. The number of aliphatic hydroxyl groups excluding tert-OH is 1. The van der Waals surface area contributed by atoms with Crippen molar-refractivity contribution in [2.45, 2.75) is 31.8 Å². The average molecular weight is 277 g/mol. The van der Waals surface area contributed by atoms with E-state index in [1.807, 2.05) is 18.2 Å². The van der Waals surface area contributed by atoms with E-state index in [1.165, 1.54) is 12.8 Å². The van der Waals surface area contributed by atoms with E-state index in [9.17, 15) is 5.11 Å². The molecule has 4 heteroatoms. The summed E-state index contributed by atoms with van der Waals surface area (Å²) in [6.45, 7) is 3.74. The first kappa shape index (κ1) is 13.7. The monoisotopic (exact) mass is 277 g/mol. The highest BCUT2D eigenvalue weighted by Crippen LogP contribution is 2.42. The smallest absolute Gasteiger partial charge is 0.161 e. The van der Waals surface area contributed by atoms with Gasteiger partial charge >= 0.3 is 0 Å². The molecular weight excluding hydrogens is 254 g/mol. The van der Waals surface area contributed by atoms with Gasteiger partial charge in [0.1, 0.15) is 13.2 Å². The van der Waals surface area contributed by atoms with Gasteiger partial charge in [0, 0.05) is 12.5 Å². The molecule has 0 saturated heterocycles. The summed E-state index contributed by atoms with van der Waals surface area (Å²) >= 11 is 0. The van der Waals surface area contributed by atoms with Crippen LogP contribution in [0.25, 0.3) is 0 Å². The number of rotatable bonds is 5. The lowest BCUT2D eigenvalue weighted by molar-refractivity contribution is 0.0798. The fraction of sp³-hybridized carbons (Fsp3) is 0.625. The van der Waals surface area contributed by atoms with Crippen molar-refractivity contribution in [1.29, 1.82) is 0 Å². The minimum absolute atomic E-state index is 0.0403. The van der Waals surface area contributed by atoms with Gasteiger partial charge in [0.15, 0.2) is 11.5 Å². The maximum atomic E-state index is 10.6. The second-order valence-corrected chi connectivity index (χ2v) is 5.93. The van der Waals surface area contributed by atoms with Crippen molar-refractivity contribution in [3.63, 3.8) is 0 Å². The second kappa shape index (κ2) is 5.62. The molecule has 20 heavy (non-hydrogen) atoms. The Balaban J connectivity index is 1.81. The highest BCUT2D eigenvalue weighted by Gasteiger charge is 2.36. The molecule has 1 saturated carbocycles. The Morgan fingerprint density at radius 1 is 1.25 bits per heavy atom. The summed E-state index contributed by atoms with van der Waals surface area (Å²) in [7, 11) is 0. The summed E-state index contributed by atoms with van der Waals surface area (Å²) in [5, 5.41) is 10.6. The maximum absolute atomic E-state index is 10.6. The van der Waals surface area contributed by atoms with E-state index in [0.717, 1.165) is 17.1 Å². The van der Waals surface area contributed by atoms with Crippen LogP contribution in [0.4, 0.5) is 0 Å². The number of hydrogen-bond donors (Lipinski definition) is 2. The molecule has 3 N–H and O–H groups in total. The van der Waals surface area contributed by atoms with Gasteiger partial charge in [0.2, 0.25) is 0 Å². The average Bonchev–Trinajstić information content (AvgIpc) is 3.31. The Bertz CT molecular complexity index is 473. The van der Waals surface area contributed by atoms with E-state index in [0.29, 0.717) is 31.6 Å². The van der Waals surface area contributed by atoms with Crippen LogP contribution in [0.2, 0.25) is 0 Å². The number of fused-ring (bicyclic) bond motifs is 1. The Labute approximate surface area is 119 Å². The van der Waals surface area contributed by atoms with Crippen molar-refractivity contribution in [2.75, 3.05) is 19.8 Å². The van der Waals surface area contributed by atoms with Gasteiger partial charge in [-0.15, -0.1) is 0 Å². The third-order valence-corrected chi connectivity index (χ3v) is 4.56. The van der Waals surface area contributed by atoms with Gasteiger partial charge in [-0.05, 0) is 42.4 Å². The van der Waals surface area contributed by atoms with Crippen molar-refractivity contribution in [1.82, 2.24) is 0 Å². The Morgan fingerprint density at radius 2 is 1.95 bits per heavy atom. The first-order valence-corrected chi connectivity index (χ1v) is 7.48. The molecule has 3 unspecified atom stereocenters. The van der Waals surface area contributed by atoms with Gasteiger partial charge in [-0.2, -0.15) is 0 Å². The van der Waals surface area contributed by atoms with Crippen LogP contribution in [0.5, 0.6) is 11.5 Å². The Morgan fingerprint density at radius 3 is 2.60 bits per heavy atom. The number of nitrogens with two attached hydrogens (primary N) is 1. The largest absolute Gasteiger partial charge is 0.486 e. The molecule has 3 atom stereocenters. The molecule has 0 bridgehead atoms. The van der Waals surface area contributed by atoms with Crippen molar-refractivity contribution < 1.29 is 14.6 Å². The SMILES string of the molecule is CC(C1CC1)C(O)C(CN)c1ccc2c(c1)OCCO2. The summed E-state index contributed by atoms with van der Waals surface area (Å²) < 4.78 is 11.1. The van der Waals surface area contributed by atoms with Crippen LogP contribution in [-0.4, -0.2) is 31.0 Å². The molecular formula is C16H23NO3. The van der Waals surface area contributed by atoms with Crippen LogP contribution in [0, 0.1) is 11.8 Å². The number of aliphatic hydroxyl groups is 1. The number of benzene rings is 1. The second-order valence-electron chi connectivity index (χ2n) is 5.93. The molecule has 1 aliphatic heterocycles. The molecule has 2 aliphatic rings. The van der Waals surface area contributed by atoms with Gasteiger partial charge in [0.25, 0.3) is 0 Å². The van der Waals surface area contributed by atoms with E-state index in [1.54, 1.807) is 0 Å². The van der Waals surface area contributed by atoms with Crippen LogP contribution in [0.15, 0.2) is 18.2 Å². The van der Waals surface area contributed by atoms with E-state index < -0.39 is 6.10 Å². The molecule has 0 spiro atoms. The van der Waals surface area contributed by atoms with Gasteiger partial charge in [-0.3, -0.25) is 0 Å². The number of hydrogen-bond acceptors (Lipinski definition) is 4. The van der Waals surface area contributed by atoms with E-state index in [-0.39, 0.29) is 5.92 Å². The quantitative estimate of drug-likeness (QED) is 0.863. The minimum atomic E-state index is -0.393. The molecule has 1 heterocycles. The first-order chi connectivity index (χ1) is 9.70. The molecule has 3 rings (SSSR count). The van der Waals surface area contributed by atoms with Crippen LogP contribution < -0.4 is 15.2 Å². The van der Waals surface area contributed by atoms with Gasteiger partial charge in [-0.25, -0.2) is 0 Å². The lowest BCUT2D eigenvalue weighted by Crippen LogP contribution is -2.32. The molecule has 0 aromatic heterocycles. The molecule has 1 fully saturated rings. The fourth-order valence-corrected chi connectivity index (χ4v) is 3.03. The number of ether oxygens (including phenoxy) is 2. The van der Waals surface area contributed by atoms with Crippen LogP contribution in [-0.2, 0) is 0 Å². The zero-order valence-electron chi connectivity index (χ0n) is 11.9.